The zero-order valence-electron chi connectivity index (χ0n) is 10.5. The van der Waals surface area contributed by atoms with Gasteiger partial charge in [-0.3, -0.25) is 4.79 Å². The molecule has 19 heavy (non-hydrogen) atoms. The maximum Gasteiger partial charge on any atom is 0.255 e. The van der Waals surface area contributed by atoms with Crippen molar-refractivity contribution >= 4 is 17.5 Å². The quantitative estimate of drug-likeness (QED) is 0.923. The lowest BCUT2D eigenvalue weighted by Crippen LogP contribution is -2.53. The first kappa shape index (κ1) is 12.8. The van der Waals surface area contributed by atoms with Gasteiger partial charge in [0.1, 0.15) is 5.75 Å². The third kappa shape index (κ3) is 2.55. The summed E-state index contributed by atoms with van der Waals surface area (Å²) in [6, 6.07) is 5.18. The van der Waals surface area contributed by atoms with Gasteiger partial charge in [-0.25, -0.2) is 0 Å². The molecule has 1 saturated heterocycles. The molecule has 1 aromatic carbocycles. The normalized spacial score (nSPS) is 19.8. The summed E-state index contributed by atoms with van der Waals surface area (Å²) in [6.45, 7) is 0.769. The van der Waals surface area contributed by atoms with Crippen LogP contribution in [0.1, 0.15) is 29.6 Å². The van der Waals surface area contributed by atoms with E-state index in [-0.39, 0.29) is 5.91 Å². The fourth-order valence-electron chi connectivity index (χ4n) is 2.22. The molecular weight excluding hydrogens is 266 g/mol. The summed E-state index contributed by atoms with van der Waals surface area (Å²) in [7, 11) is 0. The minimum absolute atomic E-state index is 0.134. The fourth-order valence-corrected chi connectivity index (χ4v) is 2.47. The Morgan fingerprint density at radius 1 is 1.37 bits per heavy atom. The number of rotatable bonds is 3. The van der Waals surface area contributed by atoms with E-state index in [1.54, 1.807) is 23.1 Å². The van der Waals surface area contributed by atoms with Crippen LogP contribution in [0.4, 0.5) is 0 Å². The molecule has 0 spiro atoms. The maximum atomic E-state index is 12.1. The largest absolute Gasteiger partial charge is 0.490 e. The van der Waals surface area contributed by atoms with Crippen molar-refractivity contribution in [1.29, 1.82) is 0 Å². The van der Waals surface area contributed by atoms with Gasteiger partial charge in [0.25, 0.3) is 5.91 Å². The van der Waals surface area contributed by atoms with Crippen LogP contribution in [0.5, 0.6) is 5.75 Å². The van der Waals surface area contributed by atoms with Crippen LogP contribution >= 0.6 is 11.6 Å². The predicted octanol–water partition coefficient (Wildman–Crippen LogP) is 2.09. The zero-order valence-corrected chi connectivity index (χ0v) is 11.3. The van der Waals surface area contributed by atoms with Gasteiger partial charge in [-0.2, -0.15) is 0 Å². The smallest absolute Gasteiger partial charge is 0.255 e. The molecule has 1 aliphatic heterocycles. The van der Waals surface area contributed by atoms with Gasteiger partial charge in [-0.1, -0.05) is 11.6 Å². The standard InChI is InChI=1S/C14H16ClNO3/c15-13-6-11(19-10-2-1-3-10)4-5-12(13)14(18)16-7-9(17)8-16/h4-6,9-10,17H,1-3,7-8H2. The molecule has 3 rings (SSSR count). The third-order valence-corrected chi connectivity index (χ3v) is 3.99. The molecule has 1 heterocycles. The lowest BCUT2D eigenvalue weighted by molar-refractivity contribution is 0.00590. The number of carbonyl (C=O) groups excluding carboxylic acids is 1. The van der Waals surface area contributed by atoms with Crippen LogP contribution in [0.25, 0.3) is 0 Å². The van der Waals surface area contributed by atoms with Crippen LogP contribution in [0.2, 0.25) is 5.02 Å². The van der Waals surface area contributed by atoms with E-state index in [0.29, 0.717) is 29.8 Å². The molecule has 0 radical (unpaired) electrons. The summed E-state index contributed by atoms with van der Waals surface area (Å²) in [6.07, 6.45) is 3.28. The van der Waals surface area contributed by atoms with Crippen molar-refractivity contribution in [1.82, 2.24) is 4.90 Å². The van der Waals surface area contributed by atoms with E-state index in [1.807, 2.05) is 0 Å². The number of likely N-dealkylation sites (tertiary alicyclic amines) is 1. The number of nitrogens with zero attached hydrogens (tertiary/aromatic N) is 1. The van der Waals surface area contributed by atoms with Crippen LogP contribution in [0.15, 0.2) is 18.2 Å². The number of aliphatic hydroxyl groups excluding tert-OH is 1. The van der Waals surface area contributed by atoms with Crippen LogP contribution < -0.4 is 4.74 Å². The van der Waals surface area contributed by atoms with Gasteiger partial charge in [0, 0.05) is 13.1 Å². The molecule has 5 heteroatoms. The Morgan fingerprint density at radius 3 is 2.63 bits per heavy atom. The predicted molar refractivity (Wildman–Crippen MR) is 71.6 cm³/mol. The number of benzene rings is 1. The molecular formula is C14H16ClNO3. The van der Waals surface area contributed by atoms with E-state index >= 15 is 0 Å². The first-order chi connectivity index (χ1) is 9.13. The second kappa shape index (κ2) is 5.02. The number of amides is 1. The molecule has 0 atom stereocenters. The Balaban J connectivity index is 1.70. The highest BCUT2D eigenvalue weighted by Gasteiger charge is 2.30. The number of hydrogen-bond donors (Lipinski definition) is 1. The van der Waals surface area contributed by atoms with Crippen molar-refractivity contribution in [3.8, 4) is 5.75 Å². The molecule has 1 aliphatic carbocycles. The van der Waals surface area contributed by atoms with Gasteiger partial charge in [0.2, 0.25) is 0 Å². The SMILES string of the molecule is O=C(c1ccc(OC2CCC2)cc1Cl)N1CC(O)C1. The van der Waals surface area contributed by atoms with E-state index in [2.05, 4.69) is 0 Å². The number of β-amino-alcohol motifs (C(OH)–C–C–N with tert-alkyl or cyclic N) is 1. The summed E-state index contributed by atoms with van der Waals surface area (Å²) in [4.78, 5) is 13.7. The topological polar surface area (TPSA) is 49.8 Å². The Hall–Kier alpha value is -1.26. The second-order valence-electron chi connectivity index (χ2n) is 5.18. The molecule has 2 aliphatic rings. The molecule has 0 aromatic heterocycles. The Kier molecular flexibility index (Phi) is 3.37. The molecule has 1 aromatic rings. The molecule has 0 unspecified atom stereocenters. The number of aliphatic hydroxyl groups is 1. The summed E-state index contributed by atoms with van der Waals surface area (Å²) >= 11 is 6.14. The Bertz CT molecular complexity index is 495. The van der Waals surface area contributed by atoms with Gasteiger partial charge >= 0.3 is 0 Å². The van der Waals surface area contributed by atoms with Crippen molar-refractivity contribution in [3.05, 3.63) is 28.8 Å². The Morgan fingerprint density at radius 2 is 2.11 bits per heavy atom. The van der Waals surface area contributed by atoms with Gasteiger partial charge in [0.15, 0.2) is 0 Å². The highest BCUT2D eigenvalue weighted by molar-refractivity contribution is 6.34. The third-order valence-electron chi connectivity index (χ3n) is 3.68. The number of ether oxygens (including phenoxy) is 1. The lowest BCUT2D eigenvalue weighted by Gasteiger charge is -2.36. The fraction of sp³-hybridized carbons (Fsp3) is 0.500. The highest BCUT2D eigenvalue weighted by Crippen LogP contribution is 2.29. The highest BCUT2D eigenvalue weighted by atomic mass is 35.5. The maximum absolute atomic E-state index is 12.1. The number of hydrogen-bond acceptors (Lipinski definition) is 3. The van der Waals surface area contributed by atoms with E-state index in [1.165, 1.54) is 6.42 Å². The van der Waals surface area contributed by atoms with Crippen molar-refractivity contribution in [3.63, 3.8) is 0 Å². The van der Waals surface area contributed by atoms with E-state index in [0.717, 1.165) is 18.6 Å². The number of halogens is 1. The molecule has 1 amide bonds. The molecule has 4 nitrogen and oxygen atoms in total. The molecule has 2 fully saturated rings. The Labute approximate surface area is 116 Å². The van der Waals surface area contributed by atoms with Gasteiger partial charge in [-0.15, -0.1) is 0 Å². The second-order valence-corrected chi connectivity index (χ2v) is 5.58. The average Bonchev–Trinajstić information content (AvgIpc) is 2.29. The van der Waals surface area contributed by atoms with Gasteiger partial charge in [-0.05, 0) is 37.5 Å². The summed E-state index contributed by atoms with van der Waals surface area (Å²) in [5, 5.41) is 9.62. The van der Waals surface area contributed by atoms with Gasteiger partial charge in [0.05, 0.1) is 22.8 Å². The van der Waals surface area contributed by atoms with Crippen molar-refractivity contribution < 1.29 is 14.6 Å². The summed E-state index contributed by atoms with van der Waals surface area (Å²) in [5.41, 5.74) is 0.467. The van der Waals surface area contributed by atoms with Gasteiger partial charge < -0.3 is 14.7 Å². The zero-order chi connectivity index (χ0) is 13.4. The molecule has 0 bridgehead atoms. The van der Waals surface area contributed by atoms with E-state index in [9.17, 15) is 9.90 Å². The van der Waals surface area contributed by atoms with Crippen LogP contribution in [0, 0.1) is 0 Å². The van der Waals surface area contributed by atoms with Crippen LogP contribution in [-0.2, 0) is 0 Å². The molecule has 1 N–H and O–H groups in total. The minimum Gasteiger partial charge on any atom is -0.490 e. The average molecular weight is 282 g/mol. The summed E-state index contributed by atoms with van der Waals surface area (Å²) in [5.74, 6) is 0.584. The van der Waals surface area contributed by atoms with Crippen LogP contribution in [0.3, 0.4) is 0 Å². The minimum atomic E-state index is -0.399. The molecule has 1 saturated carbocycles. The molecule has 102 valence electrons. The number of carbonyl (C=O) groups is 1. The van der Waals surface area contributed by atoms with Crippen molar-refractivity contribution in [2.24, 2.45) is 0 Å². The van der Waals surface area contributed by atoms with E-state index < -0.39 is 6.10 Å². The van der Waals surface area contributed by atoms with Crippen molar-refractivity contribution in [2.45, 2.75) is 31.5 Å². The first-order valence-electron chi connectivity index (χ1n) is 6.57. The van der Waals surface area contributed by atoms with Crippen LogP contribution in [-0.4, -0.2) is 41.2 Å². The summed E-state index contributed by atoms with van der Waals surface area (Å²) < 4.78 is 5.73. The first-order valence-corrected chi connectivity index (χ1v) is 6.95. The van der Waals surface area contributed by atoms with Crippen molar-refractivity contribution in [2.75, 3.05) is 13.1 Å². The monoisotopic (exact) mass is 281 g/mol. The lowest BCUT2D eigenvalue weighted by atomic mass is 9.96. The van der Waals surface area contributed by atoms with E-state index in [4.69, 9.17) is 16.3 Å².